The molecule has 1 unspecified atom stereocenters. The fourth-order valence-corrected chi connectivity index (χ4v) is 3.85. The fraction of sp³-hybridized carbons (Fsp3) is 0.231. The van der Waals surface area contributed by atoms with Gasteiger partial charge in [-0.05, 0) is 30.0 Å². The molecular weight excluding hydrogens is 270 g/mol. The topological polar surface area (TPSA) is 26.0 Å². The Kier molecular flexibility index (Phi) is 4.51. The summed E-state index contributed by atoms with van der Waals surface area (Å²) in [4.78, 5) is 2.36. The first-order valence-electron chi connectivity index (χ1n) is 5.35. The van der Waals surface area contributed by atoms with E-state index in [1.54, 1.807) is 23.1 Å². The number of hydrogen-bond donors (Lipinski definition) is 1. The predicted molar refractivity (Wildman–Crippen MR) is 78.2 cm³/mol. The Labute approximate surface area is 115 Å². The van der Waals surface area contributed by atoms with E-state index in [0.29, 0.717) is 0 Å². The molecule has 17 heavy (non-hydrogen) atoms. The molecule has 0 bridgehead atoms. The van der Waals surface area contributed by atoms with Crippen LogP contribution in [0.4, 0.5) is 0 Å². The molecule has 2 rings (SSSR count). The summed E-state index contributed by atoms with van der Waals surface area (Å²) in [6.45, 7) is 2.12. The van der Waals surface area contributed by atoms with Gasteiger partial charge in [0.2, 0.25) is 0 Å². The second kappa shape index (κ2) is 5.91. The smallest absolute Gasteiger partial charge is 0.0561 e. The molecule has 1 aromatic heterocycles. The molecule has 4 heteroatoms. The number of benzene rings is 1. The first-order chi connectivity index (χ1) is 8.18. The van der Waals surface area contributed by atoms with Gasteiger partial charge in [-0.25, -0.2) is 0 Å². The normalized spacial score (nSPS) is 12.6. The van der Waals surface area contributed by atoms with Crippen LogP contribution in [-0.2, 0) is 0 Å². The number of aryl methyl sites for hydroxylation is 1. The van der Waals surface area contributed by atoms with Crippen LogP contribution in [0.15, 0.2) is 40.6 Å². The second-order valence-corrected chi connectivity index (χ2v) is 6.23. The maximum atomic E-state index is 6.14. The van der Waals surface area contributed by atoms with Crippen LogP contribution in [-0.4, -0.2) is 5.75 Å². The van der Waals surface area contributed by atoms with Crippen molar-refractivity contribution in [3.05, 3.63) is 51.2 Å². The molecule has 0 aliphatic carbocycles. The minimum atomic E-state index is 0.00658. The molecule has 0 fully saturated rings. The first kappa shape index (κ1) is 13.0. The van der Waals surface area contributed by atoms with Crippen LogP contribution in [0, 0.1) is 6.92 Å². The van der Waals surface area contributed by atoms with Gasteiger partial charge in [0, 0.05) is 21.6 Å². The third-order valence-electron chi connectivity index (χ3n) is 2.49. The lowest BCUT2D eigenvalue weighted by atomic mass is 10.2. The quantitative estimate of drug-likeness (QED) is 0.836. The summed E-state index contributed by atoms with van der Waals surface area (Å²) >= 11 is 9.48. The molecule has 1 atom stereocenters. The highest BCUT2D eigenvalue weighted by Gasteiger charge is 2.12. The Hall–Kier alpha value is -0.480. The fourth-order valence-electron chi connectivity index (χ4n) is 1.54. The molecule has 0 aliphatic heterocycles. The number of rotatable bonds is 4. The molecule has 0 saturated carbocycles. The summed E-state index contributed by atoms with van der Waals surface area (Å²) < 4.78 is 0. The second-order valence-electron chi connectivity index (χ2n) is 3.82. The van der Waals surface area contributed by atoms with Crippen molar-refractivity contribution >= 4 is 34.7 Å². The molecule has 1 aromatic carbocycles. The predicted octanol–water partition coefficient (Wildman–Crippen LogP) is 4.50. The Morgan fingerprint density at radius 3 is 2.76 bits per heavy atom. The number of nitrogens with two attached hydrogens (primary N) is 1. The van der Waals surface area contributed by atoms with Crippen molar-refractivity contribution in [3.8, 4) is 0 Å². The minimum Gasteiger partial charge on any atom is -0.323 e. The van der Waals surface area contributed by atoms with Gasteiger partial charge >= 0.3 is 0 Å². The van der Waals surface area contributed by atoms with E-state index in [9.17, 15) is 0 Å². The third-order valence-corrected chi connectivity index (χ3v) is 5.28. The molecule has 2 aromatic rings. The van der Waals surface area contributed by atoms with Gasteiger partial charge in [0.25, 0.3) is 0 Å². The van der Waals surface area contributed by atoms with Crippen LogP contribution in [0.3, 0.4) is 0 Å². The van der Waals surface area contributed by atoms with Gasteiger partial charge in [0.1, 0.15) is 0 Å². The molecule has 1 heterocycles. The van der Waals surface area contributed by atoms with Crippen molar-refractivity contribution in [3.63, 3.8) is 0 Å². The summed E-state index contributed by atoms with van der Waals surface area (Å²) in [5.74, 6) is 0.852. The molecule has 90 valence electrons. The van der Waals surface area contributed by atoms with Crippen LogP contribution < -0.4 is 5.73 Å². The number of halogens is 1. The minimum absolute atomic E-state index is 0.00658. The molecule has 0 amide bonds. The van der Waals surface area contributed by atoms with E-state index in [0.717, 1.165) is 15.7 Å². The van der Waals surface area contributed by atoms with Crippen LogP contribution in [0.5, 0.6) is 0 Å². The van der Waals surface area contributed by atoms with Gasteiger partial charge in [-0.1, -0.05) is 29.8 Å². The molecule has 0 saturated heterocycles. The van der Waals surface area contributed by atoms with Crippen molar-refractivity contribution in [2.45, 2.75) is 17.9 Å². The van der Waals surface area contributed by atoms with E-state index in [4.69, 9.17) is 17.3 Å². The van der Waals surface area contributed by atoms with Crippen molar-refractivity contribution in [1.82, 2.24) is 0 Å². The standard InChI is InChI=1S/C13H14ClNS2/c1-9-4-2-3-5-12(9)17-8-11(15)13-10(14)6-7-16-13/h2-7,11H,8,15H2,1H3. The maximum Gasteiger partial charge on any atom is 0.0561 e. The molecule has 0 aliphatic rings. The molecule has 0 spiro atoms. The zero-order chi connectivity index (χ0) is 12.3. The van der Waals surface area contributed by atoms with Crippen molar-refractivity contribution in [1.29, 1.82) is 0 Å². The highest BCUT2D eigenvalue weighted by atomic mass is 35.5. The Morgan fingerprint density at radius 1 is 1.35 bits per heavy atom. The van der Waals surface area contributed by atoms with E-state index in [1.165, 1.54) is 10.5 Å². The Bertz CT molecular complexity index is 496. The number of thioether (sulfide) groups is 1. The van der Waals surface area contributed by atoms with Crippen LogP contribution in [0.2, 0.25) is 5.02 Å². The SMILES string of the molecule is Cc1ccccc1SCC(N)c1sccc1Cl. The van der Waals surface area contributed by atoms with Crippen molar-refractivity contribution in [2.24, 2.45) is 5.73 Å². The number of thiophene rings is 1. The van der Waals surface area contributed by atoms with Gasteiger partial charge in [-0.15, -0.1) is 23.1 Å². The van der Waals surface area contributed by atoms with E-state index < -0.39 is 0 Å². The van der Waals surface area contributed by atoms with Gasteiger partial charge in [-0.2, -0.15) is 0 Å². The van der Waals surface area contributed by atoms with E-state index in [2.05, 4.69) is 31.2 Å². The van der Waals surface area contributed by atoms with Crippen molar-refractivity contribution < 1.29 is 0 Å². The van der Waals surface area contributed by atoms with Crippen LogP contribution in [0.25, 0.3) is 0 Å². The molecular formula is C13H14ClNS2. The summed E-state index contributed by atoms with van der Waals surface area (Å²) in [5, 5.41) is 2.77. The van der Waals surface area contributed by atoms with Gasteiger partial charge < -0.3 is 5.73 Å². The van der Waals surface area contributed by atoms with Gasteiger partial charge in [0.05, 0.1) is 5.02 Å². The van der Waals surface area contributed by atoms with E-state index >= 15 is 0 Å². The lowest BCUT2D eigenvalue weighted by molar-refractivity contribution is 0.852. The van der Waals surface area contributed by atoms with Crippen molar-refractivity contribution in [2.75, 3.05) is 5.75 Å². The van der Waals surface area contributed by atoms with Gasteiger partial charge in [0.15, 0.2) is 0 Å². The first-order valence-corrected chi connectivity index (χ1v) is 7.59. The summed E-state index contributed by atoms with van der Waals surface area (Å²) in [6, 6.07) is 10.3. The average Bonchev–Trinajstić information content (AvgIpc) is 2.74. The number of hydrogen-bond acceptors (Lipinski definition) is 3. The third kappa shape index (κ3) is 3.26. The maximum absolute atomic E-state index is 6.14. The Balaban J connectivity index is 2.00. The summed E-state index contributed by atoms with van der Waals surface area (Å²) in [6.07, 6.45) is 0. The van der Waals surface area contributed by atoms with E-state index in [-0.39, 0.29) is 6.04 Å². The highest BCUT2D eigenvalue weighted by molar-refractivity contribution is 7.99. The van der Waals surface area contributed by atoms with Gasteiger partial charge in [-0.3, -0.25) is 0 Å². The zero-order valence-corrected chi connectivity index (χ0v) is 11.9. The molecule has 2 N–H and O–H groups in total. The molecule has 0 radical (unpaired) electrons. The zero-order valence-electron chi connectivity index (χ0n) is 9.52. The largest absolute Gasteiger partial charge is 0.323 e. The van der Waals surface area contributed by atoms with Crippen LogP contribution >= 0.6 is 34.7 Å². The van der Waals surface area contributed by atoms with E-state index in [1.807, 2.05) is 11.4 Å². The molecule has 1 nitrogen and oxygen atoms in total. The summed E-state index contributed by atoms with van der Waals surface area (Å²) in [5.41, 5.74) is 7.44. The lowest BCUT2D eigenvalue weighted by Crippen LogP contribution is -2.11. The average molecular weight is 284 g/mol. The highest BCUT2D eigenvalue weighted by Crippen LogP contribution is 2.31. The Morgan fingerprint density at radius 2 is 2.12 bits per heavy atom. The summed E-state index contributed by atoms with van der Waals surface area (Å²) in [7, 11) is 0. The monoisotopic (exact) mass is 283 g/mol. The van der Waals surface area contributed by atoms with Crippen LogP contribution in [0.1, 0.15) is 16.5 Å². The lowest BCUT2D eigenvalue weighted by Gasteiger charge is -2.11.